The highest BCUT2D eigenvalue weighted by Crippen LogP contribution is 2.63. The van der Waals surface area contributed by atoms with Crippen molar-refractivity contribution in [2.75, 3.05) is 6.61 Å². The van der Waals surface area contributed by atoms with Gasteiger partial charge in [-0.05, 0) is 88.4 Å². The molecule has 0 spiro atoms. The molecule has 8 fully saturated rings. The van der Waals surface area contributed by atoms with Crippen LogP contribution in [0.5, 0.6) is 0 Å². The van der Waals surface area contributed by atoms with Crippen LogP contribution in [0.15, 0.2) is 0 Å². The second-order valence-electron chi connectivity index (χ2n) is 12.6. The van der Waals surface area contributed by atoms with Crippen LogP contribution in [-0.4, -0.2) is 53.9 Å². The molecule has 8 bridgehead atoms. The topological polar surface area (TPSA) is 133 Å². The monoisotopic (exact) mass is 532 g/mol. The van der Waals surface area contributed by atoms with Crippen LogP contribution in [0, 0.1) is 35.0 Å². The van der Waals surface area contributed by atoms with E-state index in [0.29, 0.717) is 50.9 Å². The fraction of sp³-hybridized carbons (Fsp3) is 0.875. The molecule has 0 aromatic carbocycles. The number of ether oxygens (including phenoxy) is 3. The second-order valence-corrected chi connectivity index (χ2v) is 14.1. The van der Waals surface area contributed by atoms with Crippen LogP contribution in [0.3, 0.4) is 0 Å². The van der Waals surface area contributed by atoms with Crippen LogP contribution in [0.1, 0.15) is 70.6 Å². The number of ketones is 1. The summed E-state index contributed by atoms with van der Waals surface area (Å²) in [6, 6.07) is 0. The van der Waals surface area contributed by atoms with Crippen LogP contribution in [0.2, 0.25) is 0 Å². The zero-order valence-electron chi connectivity index (χ0n) is 19.7. The van der Waals surface area contributed by atoms with E-state index in [0.717, 1.165) is 25.7 Å². The standard InChI is InChI=1S/C24H30F2O9S/c25-24(26,36(30,31)32)19(28)33-12-21-4-14-1-15(5-21)8-23(7-14,11-21)35-20(29)34-22-6-13-2-16(9-22)18(27)17(3-13)10-22/h13-17H,1-12H2,(H,30,31,32). The quantitative estimate of drug-likeness (QED) is 0.402. The van der Waals surface area contributed by atoms with Crippen LogP contribution in [0.25, 0.3) is 0 Å². The van der Waals surface area contributed by atoms with E-state index in [2.05, 4.69) is 0 Å². The Morgan fingerprint density at radius 3 is 2.03 bits per heavy atom. The summed E-state index contributed by atoms with van der Waals surface area (Å²) in [5.74, 6) is -1.45. The van der Waals surface area contributed by atoms with Crippen LogP contribution in [-0.2, 0) is 33.9 Å². The van der Waals surface area contributed by atoms with Gasteiger partial charge in [-0.25, -0.2) is 9.59 Å². The zero-order chi connectivity index (χ0) is 25.7. The minimum Gasteiger partial charge on any atom is -0.460 e. The van der Waals surface area contributed by atoms with Crippen LogP contribution < -0.4 is 0 Å². The van der Waals surface area contributed by atoms with Crippen molar-refractivity contribution in [3.63, 3.8) is 0 Å². The van der Waals surface area contributed by atoms with Gasteiger partial charge in [0.25, 0.3) is 0 Å². The second kappa shape index (κ2) is 7.61. The van der Waals surface area contributed by atoms with Gasteiger partial charge in [-0.3, -0.25) is 9.35 Å². The van der Waals surface area contributed by atoms with E-state index in [1.807, 2.05) is 0 Å². The van der Waals surface area contributed by atoms with E-state index in [9.17, 15) is 31.6 Å². The molecule has 12 heteroatoms. The number of esters is 1. The molecule has 8 aliphatic rings. The average Bonchev–Trinajstić information content (AvgIpc) is 2.72. The van der Waals surface area contributed by atoms with Crippen molar-refractivity contribution in [3.05, 3.63) is 0 Å². The molecule has 0 aromatic heterocycles. The van der Waals surface area contributed by atoms with Crippen molar-refractivity contribution in [3.8, 4) is 0 Å². The van der Waals surface area contributed by atoms with Gasteiger partial charge in [0.2, 0.25) is 0 Å². The van der Waals surface area contributed by atoms with E-state index in [1.54, 1.807) is 0 Å². The molecule has 4 unspecified atom stereocenters. The molecule has 0 saturated heterocycles. The maximum absolute atomic E-state index is 13.7. The Morgan fingerprint density at radius 2 is 1.44 bits per heavy atom. The Kier molecular flexibility index (Phi) is 5.18. The summed E-state index contributed by atoms with van der Waals surface area (Å²) >= 11 is 0. The van der Waals surface area contributed by atoms with Gasteiger partial charge in [0, 0.05) is 17.3 Å². The van der Waals surface area contributed by atoms with E-state index in [-0.39, 0.29) is 29.5 Å². The zero-order valence-corrected chi connectivity index (χ0v) is 20.6. The fourth-order valence-electron chi connectivity index (χ4n) is 9.24. The molecule has 4 atom stereocenters. The van der Waals surface area contributed by atoms with Gasteiger partial charge >= 0.3 is 27.5 Å². The third kappa shape index (κ3) is 3.85. The average molecular weight is 533 g/mol. The van der Waals surface area contributed by atoms with Crippen molar-refractivity contribution < 1.29 is 50.3 Å². The van der Waals surface area contributed by atoms with E-state index < -0.39 is 50.7 Å². The summed E-state index contributed by atoms with van der Waals surface area (Å²) in [4.78, 5) is 37.4. The molecule has 200 valence electrons. The smallest absolute Gasteiger partial charge is 0.460 e. The minimum absolute atomic E-state index is 0.0533. The van der Waals surface area contributed by atoms with E-state index in [4.69, 9.17) is 18.8 Å². The van der Waals surface area contributed by atoms with Gasteiger partial charge in [0.15, 0.2) is 0 Å². The molecular weight excluding hydrogens is 502 g/mol. The maximum atomic E-state index is 13.7. The molecule has 1 N–H and O–H groups in total. The van der Waals surface area contributed by atoms with Crippen molar-refractivity contribution in [1.29, 1.82) is 0 Å². The Morgan fingerprint density at radius 1 is 0.889 bits per heavy atom. The van der Waals surface area contributed by atoms with Gasteiger partial charge in [-0.2, -0.15) is 17.2 Å². The lowest BCUT2D eigenvalue weighted by Gasteiger charge is -2.61. The number of carbonyl (C=O) groups excluding carboxylic acids is 3. The number of halogens is 2. The van der Waals surface area contributed by atoms with Gasteiger partial charge in [-0.1, -0.05) is 0 Å². The van der Waals surface area contributed by atoms with E-state index in [1.165, 1.54) is 0 Å². The van der Waals surface area contributed by atoms with Gasteiger partial charge in [0.1, 0.15) is 17.0 Å². The van der Waals surface area contributed by atoms with Gasteiger partial charge in [0.05, 0.1) is 6.61 Å². The third-order valence-electron chi connectivity index (χ3n) is 9.74. The molecule has 0 aromatic rings. The number of hydrogen-bond acceptors (Lipinski definition) is 8. The van der Waals surface area contributed by atoms with Crippen molar-refractivity contribution in [1.82, 2.24) is 0 Å². The lowest BCUT2D eigenvalue weighted by molar-refractivity contribution is -0.209. The molecule has 0 radical (unpaired) electrons. The molecular formula is C24H30F2O9S. The minimum atomic E-state index is -5.95. The van der Waals surface area contributed by atoms with Gasteiger partial charge in [-0.15, -0.1) is 0 Å². The summed E-state index contributed by atoms with van der Waals surface area (Å²) in [7, 11) is -5.95. The summed E-state index contributed by atoms with van der Waals surface area (Å²) in [5.41, 5.74) is -2.25. The summed E-state index contributed by atoms with van der Waals surface area (Å²) in [5, 5.41) is -5.05. The Hall–Kier alpha value is -1.82. The number of hydrogen-bond donors (Lipinski definition) is 1. The first-order valence-corrected chi connectivity index (χ1v) is 14.1. The summed E-state index contributed by atoms with van der Waals surface area (Å²) < 4.78 is 74.5. The molecule has 0 amide bonds. The molecule has 8 rings (SSSR count). The molecule has 0 heterocycles. The number of rotatable bonds is 6. The third-order valence-corrected chi connectivity index (χ3v) is 10.6. The molecule has 36 heavy (non-hydrogen) atoms. The number of Topliss-reactive ketones (excluding diaryl/α,β-unsaturated/α-hetero) is 1. The molecule has 8 saturated carbocycles. The van der Waals surface area contributed by atoms with Gasteiger partial charge < -0.3 is 14.2 Å². The number of carbonyl (C=O) groups is 3. The van der Waals surface area contributed by atoms with Crippen molar-refractivity contribution in [2.45, 2.75) is 87.1 Å². The van der Waals surface area contributed by atoms with Crippen LogP contribution >= 0.6 is 0 Å². The molecule has 9 nitrogen and oxygen atoms in total. The van der Waals surface area contributed by atoms with Crippen LogP contribution in [0.4, 0.5) is 13.6 Å². The van der Waals surface area contributed by atoms with E-state index >= 15 is 0 Å². The Balaban J connectivity index is 1.14. The highest BCUT2D eigenvalue weighted by molar-refractivity contribution is 7.87. The molecule has 0 aliphatic heterocycles. The Labute approximate surface area is 207 Å². The first-order chi connectivity index (χ1) is 16.7. The predicted molar refractivity (Wildman–Crippen MR) is 116 cm³/mol. The van der Waals surface area contributed by atoms with Crippen molar-refractivity contribution >= 4 is 28.0 Å². The fourth-order valence-corrected chi connectivity index (χ4v) is 9.51. The first kappa shape index (κ1) is 24.5. The first-order valence-electron chi connectivity index (χ1n) is 12.7. The molecule has 8 aliphatic carbocycles. The lowest BCUT2D eigenvalue weighted by atomic mass is 9.48. The SMILES string of the molecule is O=C(OC12CC3CC(C1)C(=O)C(C3)C2)OC12CC3CC(CC(COC(=O)C(F)(F)S(=O)(=O)O)(C3)C1)C2. The largest absolute Gasteiger partial charge is 0.509 e. The highest BCUT2D eigenvalue weighted by Gasteiger charge is 2.62. The lowest BCUT2D eigenvalue weighted by Crippen LogP contribution is -2.60. The normalized spacial score (nSPS) is 44.5. The predicted octanol–water partition coefficient (Wildman–Crippen LogP) is 3.65. The Bertz CT molecular complexity index is 1090. The summed E-state index contributed by atoms with van der Waals surface area (Å²) in [6.45, 7) is -0.443. The number of alkyl halides is 2. The van der Waals surface area contributed by atoms with Crippen molar-refractivity contribution in [2.24, 2.45) is 35.0 Å². The summed E-state index contributed by atoms with van der Waals surface area (Å²) in [6.07, 6.45) is 6.35. The highest BCUT2D eigenvalue weighted by atomic mass is 32.2. The maximum Gasteiger partial charge on any atom is 0.509 e.